The lowest BCUT2D eigenvalue weighted by Gasteiger charge is -2.06. The van der Waals surface area contributed by atoms with Gasteiger partial charge in [0.2, 0.25) is 5.89 Å². The van der Waals surface area contributed by atoms with Crippen molar-refractivity contribution in [2.75, 3.05) is 5.32 Å². The summed E-state index contributed by atoms with van der Waals surface area (Å²) < 4.78 is 5.83. The van der Waals surface area contributed by atoms with Crippen LogP contribution in [0.25, 0.3) is 22.7 Å². The van der Waals surface area contributed by atoms with Gasteiger partial charge in [-0.15, -0.1) is 0 Å². The van der Waals surface area contributed by atoms with Crippen LogP contribution in [-0.4, -0.2) is 15.0 Å². The van der Waals surface area contributed by atoms with E-state index in [9.17, 15) is 0 Å². The third-order valence-electron chi connectivity index (χ3n) is 3.76. The minimum absolute atomic E-state index is 0.442. The minimum atomic E-state index is 0.442. The van der Waals surface area contributed by atoms with Gasteiger partial charge in [0.25, 0.3) is 5.71 Å². The Labute approximate surface area is 149 Å². The van der Waals surface area contributed by atoms with Crippen molar-refractivity contribution in [3.63, 3.8) is 0 Å². The van der Waals surface area contributed by atoms with Gasteiger partial charge in [0.1, 0.15) is 5.82 Å². The quantitative estimate of drug-likeness (QED) is 0.543. The molecule has 2 aromatic heterocycles. The Kier molecular flexibility index (Phi) is 3.86. The smallest absolute Gasteiger partial charge is 0.252 e. The maximum absolute atomic E-state index is 6.06. The summed E-state index contributed by atoms with van der Waals surface area (Å²) in [5, 5.41) is 3.92. The molecule has 0 atom stereocenters. The van der Waals surface area contributed by atoms with Crippen molar-refractivity contribution >= 4 is 34.3 Å². The van der Waals surface area contributed by atoms with Gasteiger partial charge in [-0.1, -0.05) is 35.4 Å². The molecule has 0 aliphatic rings. The molecule has 0 aliphatic carbocycles. The predicted octanol–water partition coefficient (Wildman–Crippen LogP) is 5.30. The van der Waals surface area contributed by atoms with Crippen molar-refractivity contribution in [2.45, 2.75) is 13.8 Å². The first-order valence-electron chi connectivity index (χ1n) is 7.83. The van der Waals surface area contributed by atoms with E-state index >= 15 is 0 Å². The Morgan fingerprint density at radius 2 is 1.76 bits per heavy atom. The lowest BCUT2D eigenvalue weighted by Crippen LogP contribution is -1.98. The highest BCUT2D eigenvalue weighted by atomic mass is 35.5. The third-order valence-corrected chi connectivity index (χ3v) is 3.99. The van der Waals surface area contributed by atoms with Crippen molar-refractivity contribution < 1.29 is 4.42 Å². The summed E-state index contributed by atoms with van der Waals surface area (Å²) in [6.07, 6.45) is 0. The van der Waals surface area contributed by atoms with Crippen LogP contribution < -0.4 is 5.32 Å². The fraction of sp³-hybridized carbons (Fsp3) is 0.105. The molecular formula is C19H15ClN4O. The molecule has 0 saturated carbocycles. The van der Waals surface area contributed by atoms with Crippen molar-refractivity contribution in [1.82, 2.24) is 15.0 Å². The monoisotopic (exact) mass is 350 g/mol. The number of benzene rings is 2. The Hall–Kier alpha value is -2.92. The van der Waals surface area contributed by atoms with Gasteiger partial charge in [0.15, 0.2) is 11.3 Å². The van der Waals surface area contributed by atoms with E-state index in [4.69, 9.17) is 16.0 Å². The first-order valence-corrected chi connectivity index (χ1v) is 8.21. The first kappa shape index (κ1) is 15.6. The SMILES string of the molecule is Cc1ccc(Nc2nc(C)nc3oc(-c4cccc(Cl)c4)nc23)cc1. The molecule has 1 N–H and O–H groups in total. The normalized spacial score (nSPS) is 11.0. The van der Waals surface area contributed by atoms with Crippen LogP contribution in [0.15, 0.2) is 52.9 Å². The van der Waals surface area contributed by atoms with E-state index in [2.05, 4.69) is 20.3 Å². The number of rotatable bonds is 3. The highest BCUT2D eigenvalue weighted by Gasteiger charge is 2.15. The second kappa shape index (κ2) is 6.18. The number of oxazole rings is 1. The molecule has 0 spiro atoms. The molecule has 0 radical (unpaired) electrons. The molecule has 0 aliphatic heterocycles. The van der Waals surface area contributed by atoms with E-state index in [1.165, 1.54) is 5.56 Å². The summed E-state index contributed by atoms with van der Waals surface area (Å²) in [4.78, 5) is 13.4. The summed E-state index contributed by atoms with van der Waals surface area (Å²) in [6.45, 7) is 3.87. The van der Waals surface area contributed by atoms with Crippen LogP contribution >= 0.6 is 11.6 Å². The van der Waals surface area contributed by atoms with E-state index < -0.39 is 0 Å². The van der Waals surface area contributed by atoms with Gasteiger partial charge in [-0.3, -0.25) is 0 Å². The number of nitrogens with one attached hydrogen (secondary N) is 1. The van der Waals surface area contributed by atoms with Crippen LogP contribution in [0.4, 0.5) is 11.5 Å². The highest BCUT2D eigenvalue weighted by molar-refractivity contribution is 6.30. The van der Waals surface area contributed by atoms with Crippen LogP contribution in [0.5, 0.6) is 0 Å². The van der Waals surface area contributed by atoms with Gasteiger partial charge in [0.05, 0.1) is 0 Å². The number of anilines is 2. The molecular weight excluding hydrogens is 336 g/mol. The van der Waals surface area contributed by atoms with E-state index in [1.54, 1.807) is 6.07 Å². The van der Waals surface area contributed by atoms with Crippen LogP contribution in [0.3, 0.4) is 0 Å². The van der Waals surface area contributed by atoms with E-state index in [-0.39, 0.29) is 0 Å². The zero-order chi connectivity index (χ0) is 17.4. The number of hydrogen-bond donors (Lipinski definition) is 1. The summed E-state index contributed by atoms with van der Waals surface area (Å²) in [5.41, 5.74) is 3.94. The van der Waals surface area contributed by atoms with Crippen molar-refractivity contribution in [1.29, 1.82) is 0 Å². The van der Waals surface area contributed by atoms with Crippen molar-refractivity contribution in [2.24, 2.45) is 0 Å². The molecule has 5 nitrogen and oxygen atoms in total. The van der Waals surface area contributed by atoms with E-state index in [0.717, 1.165) is 11.3 Å². The Bertz CT molecular complexity index is 1060. The molecule has 0 bridgehead atoms. The van der Waals surface area contributed by atoms with Crippen LogP contribution in [0.2, 0.25) is 5.02 Å². The second-order valence-corrected chi connectivity index (χ2v) is 6.23. The molecule has 4 rings (SSSR count). The number of nitrogens with zero attached hydrogens (tertiary/aromatic N) is 3. The first-order chi connectivity index (χ1) is 12.1. The molecule has 2 heterocycles. The molecule has 6 heteroatoms. The average molecular weight is 351 g/mol. The number of halogens is 1. The number of hydrogen-bond acceptors (Lipinski definition) is 5. The van der Waals surface area contributed by atoms with E-state index in [0.29, 0.717) is 33.8 Å². The third kappa shape index (κ3) is 3.19. The summed E-state index contributed by atoms with van der Waals surface area (Å²) in [6, 6.07) is 15.4. The standard InChI is InChI=1S/C19H15ClN4O/c1-11-6-8-15(9-7-11)23-17-16-19(22-12(2)21-17)25-18(24-16)13-4-3-5-14(20)10-13/h3-10H,1-2H3,(H,21,22,23). The molecule has 25 heavy (non-hydrogen) atoms. The number of fused-ring (bicyclic) bond motifs is 1. The Morgan fingerprint density at radius 3 is 2.52 bits per heavy atom. The molecule has 0 amide bonds. The van der Waals surface area contributed by atoms with Crippen LogP contribution in [0.1, 0.15) is 11.4 Å². The largest absolute Gasteiger partial charge is 0.417 e. The predicted molar refractivity (Wildman–Crippen MR) is 99.2 cm³/mol. The molecule has 0 unspecified atom stereocenters. The summed E-state index contributed by atoms with van der Waals surface area (Å²) in [7, 11) is 0. The lowest BCUT2D eigenvalue weighted by atomic mass is 10.2. The molecule has 124 valence electrons. The Balaban J connectivity index is 1.80. The Morgan fingerprint density at radius 1 is 0.960 bits per heavy atom. The molecule has 2 aromatic carbocycles. The van der Waals surface area contributed by atoms with Crippen molar-refractivity contribution in [3.8, 4) is 11.5 Å². The molecule has 0 saturated heterocycles. The zero-order valence-corrected chi connectivity index (χ0v) is 14.5. The summed E-state index contributed by atoms with van der Waals surface area (Å²) in [5.74, 6) is 1.68. The lowest BCUT2D eigenvalue weighted by molar-refractivity contribution is 0.606. The fourth-order valence-electron chi connectivity index (χ4n) is 2.53. The fourth-order valence-corrected chi connectivity index (χ4v) is 2.72. The average Bonchev–Trinajstić information content (AvgIpc) is 3.01. The molecule has 0 fully saturated rings. The van der Waals surface area contributed by atoms with Crippen LogP contribution in [-0.2, 0) is 0 Å². The second-order valence-electron chi connectivity index (χ2n) is 5.79. The van der Waals surface area contributed by atoms with Gasteiger partial charge in [0, 0.05) is 16.3 Å². The van der Waals surface area contributed by atoms with Gasteiger partial charge >= 0.3 is 0 Å². The summed E-state index contributed by atoms with van der Waals surface area (Å²) >= 11 is 6.06. The van der Waals surface area contributed by atoms with Crippen LogP contribution in [0, 0.1) is 13.8 Å². The van der Waals surface area contributed by atoms with Gasteiger partial charge in [-0.05, 0) is 44.2 Å². The maximum Gasteiger partial charge on any atom is 0.252 e. The number of aryl methyl sites for hydroxylation is 2. The molecule has 4 aromatic rings. The maximum atomic E-state index is 6.06. The van der Waals surface area contributed by atoms with Crippen molar-refractivity contribution in [3.05, 3.63) is 64.9 Å². The minimum Gasteiger partial charge on any atom is -0.417 e. The van der Waals surface area contributed by atoms with E-state index in [1.807, 2.05) is 56.3 Å². The van der Waals surface area contributed by atoms with Gasteiger partial charge in [-0.2, -0.15) is 4.98 Å². The van der Waals surface area contributed by atoms with Gasteiger partial charge < -0.3 is 9.73 Å². The topological polar surface area (TPSA) is 63.8 Å². The van der Waals surface area contributed by atoms with Gasteiger partial charge in [-0.25, -0.2) is 9.97 Å². The number of aromatic nitrogens is 3. The highest BCUT2D eigenvalue weighted by Crippen LogP contribution is 2.29. The zero-order valence-electron chi connectivity index (χ0n) is 13.7.